The van der Waals surface area contributed by atoms with Crippen molar-refractivity contribution in [2.24, 2.45) is 11.8 Å². The first-order valence-corrected chi connectivity index (χ1v) is 11.2. The number of fused-ring (bicyclic) bond motifs is 1. The van der Waals surface area contributed by atoms with E-state index in [9.17, 15) is 14.4 Å². The highest BCUT2D eigenvalue weighted by Gasteiger charge is 2.47. The Kier molecular flexibility index (Phi) is 6.03. The smallest absolute Gasteiger partial charge is 0.336 e. The Morgan fingerprint density at radius 3 is 2.59 bits per heavy atom. The van der Waals surface area contributed by atoms with E-state index in [1.807, 2.05) is 6.92 Å². The third-order valence-electron chi connectivity index (χ3n) is 6.04. The molecule has 1 N–H and O–H groups in total. The minimum absolute atomic E-state index is 0.0891. The van der Waals surface area contributed by atoms with Gasteiger partial charge in [0.25, 0.3) is 0 Å². The van der Waals surface area contributed by atoms with Crippen LogP contribution in [0.5, 0.6) is 11.5 Å². The quantitative estimate of drug-likeness (QED) is 0.491. The summed E-state index contributed by atoms with van der Waals surface area (Å²) in [6, 6.07) is 3.52. The number of hydrogen-bond acceptors (Lipinski definition) is 8. The van der Waals surface area contributed by atoms with Gasteiger partial charge in [-0.3, -0.25) is 9.59 Å². The average Bonchev–Trinajstić information content (AvgIpc) is 3.19. The second-order valence-corrected chi connectivity index (χ2v) is 8.84. The van der Waals surface area contributed by atoms with E-state index < -0.39 is 23.8 Å². The number of ether oxygens (including phenoxy) is 4. The minimum Gasteiger partial charge on any atom is -0.468 e. The highest BCUT2D eigenvalue weighted by molar-refractivity contribution is 9.10. The number of allylic oxidation sites excluding steroid dienone is 3. The third-order valence-corrected chi connectivity index (χ3v) is 6.73. The van der Waals surface area contributed by atoms with Crippen molar-refractivity contribution in [1.82, 2.24) is 5.32 Å². The summed E-state index contributed by atoms with van der Waals surface area (Å²) in [7, 11) is 1.27. The molecule has 0 radical (unpaired) electrons. The molecule has 3 aliphatic rings. The van der Waals surface area contributed by atoms with Gasteiger partial charge < -0.3 is 24.3 Å². The maximum absolute atomic E-state index is 13.7. The second kappa shape index (κ2) is 8.61. The van der Waals surface area contributed by atoms with E-state index in [0.717, 1.165) is 0 Å². The number of ketones is 1. The Hall–Kier alpha value is -2.81. The molecule has 0 bridgehead atoms. The van der Waals surface area contributed by atoms with Crippen LogP contribution in [-0.2, 0) is 23.9 Å². The lowest BCUT2D eigenvalue weighted by molar-refractivity contribution is -0.151. The standard InChI is InChI=1S/C23H24BrNO7/c1-5-30-23(28)18-11(3)25-14-6-10(2)17(22(27)29-4)21(26)20(14)19(18)12-7-15-16(8-13(12)24)32-9-31-15/h7-8,10,17,19,25H,5-6,9H2,1-4H3. The zero-order valence-electron chi connectivity index (χ0n) is 18.2. The normalized spacial score (nSPS) is 24.2. The van der Waals surface area contributed by atoms with Gasteiger partial charge in [0.05, 0.1) is 19.3 Å². The number of nitrogens with one attached hydrogen (secondary N) is 1. The number of dihydropyridines is 1. The van der Waals surface area contributed by atoms with Gasteiger partial charge in [0.15, 0.2) is 17.3 Å². The van der Waals surface area contributed by atoms with Crippen molar-refractivity contribution in [3.05, 3.63) is 44.7 Å². The maximum atomic E-state index is 13.7. The summed E-state index contributed by atoms with van der Waals surface area (Å²) in [6.07, 6.45) is 0.465. The monoisotopic (exact) mass is 505 g/mol. The summed E-state index contributed by atoms with van der Waals surface area (Å²) in [5.41, 5.74) is 2.64. The molecule has 8 nitrogen and oxygen atoms in total. The number of carbonyl (C=O) groups is 3. The van der Waals surface area contributed by atoms with Gasteiger partial charge in [0.2, 0.25) is 6.79 Å². The molecule has 1 aromatic carbocycles. The van der Waals surface area contributed by atoms with Crippen LogP contribution in [-0.4, -0.2) is 38.2 Å². The Bertz CT molecular complexity index is 1070. The Morgan fingerprint density at radius 2 is 1.94 bits per heavy atom. The van der Waals surface area contributed by atoms with Crippen LogP contribution >= 0.6 is 15.9 Å². The molecule has 32 heavy (non-hydrogen) atoms. The lowest BCUT2D eigenvalue weighted by Crippen LogP contribution is -2.43. The average molecular weight is 506 g/mol. The van der Waals surface area contributed by atoms with Crippen LogP contribution in [0.2, 0.25) is 0 Å². The minimum atomic E-state index is -0.947. The Balaban J connectivity index is 1.92. The fourth-order valence-electron chi connectivity index (χ4n) is 4.63. The Morgan fingerprint density at radius 1 is 1.25 bits per heavy atom. The zero-order valence-corrected chi connectivity index (χ0v) is 19.8. The lowest BCUT2D eigenvalue weighted by Gasteiger charge is -2.38. The number of hydrogen-bond donors (Lipinski definition) is 1. The van der Waals surface area contributed by atoms with Gasteiger partial charge >= 0.3 is 11.9 Å². The summed E-state index contributed by atoms with van der Waals surface area (Å²) in [4.78, 5) is 39.2. The van der Waals surface area contributed by atoms with Gasteiger partial charge in [-0.05, 0) is 43.9 Å². The SMILES string of the molecule is CCOC(=O)C1=C(C)NC2=C(C(=O)C(C(=O)OC)C(C)C2)C1c1cc2c(cc1Br)OCO2. The summed E-state index contributed by atoms with van der Waals surface area (Å²) in [6.45, 7) is 5.63. The molecule has 4 rings (SSSR count). The van der Waals surface area contributed by atoms with Crippen molar-refractivity contribution in [2.75, 3.05) is 20.5 Å². The van der Waals surface area contributed by atoms with Gasteiger partial charge in [-0.25, -0.2) is 4.79 Å². The lowest BCUT2D eigenvalue weighted by atomic mass is 9.69. The molecule has 2 heterocycles. The molecule has 0 aromatic heterocycles. The molecule has 170 valence electrons. The van der Waals surface area contributed by atoms with E-state index in [1.54, 1.807) is 26.0 Å². The van der Waals surface area contributed by atoms with Crippen LogP contribution in [0.1, 0.15) is 38.7 Å². The second-order valence-electron chi connectivity index (χ2n) is 7.98. The number of benzene rings is 1. The van der Waals surface area contributed by atoms with Crippen molar-refractivity contribution in [3.63, 3.8) is 0 Å². The van der Waals surface area contributed by atoms with Gasteiger partial charge in [0, 0.05) is 27.4 Å². The fourth-order valence-corrected chi connectivity index (χ4v) is 5.18. The summed E-state index contributed by atoms with van der Waals surface area (Å²) in [5, 5.41) is 3.23. The van der Waals surface area contributed by atoms with E-state index in [4.69, 9.17) is 18.9 Å². The van der Waals surface area contributed by atoms with Crippen molar-refractivity contribution >= 4 is 33.7 Å². The van der Waals surface area contributed by atoms with E-state index >= 15 is 0 Å². The van der Waals surface area contributed by atoms with Crippen LogP contribution in [0, 0.1) is 11.8 Å². The number of methoxy groups -OCH3 is 1. The summed E-state index contributed by atoms with van der Waals surface area (Å²) in [5.74, 6) is -2.33. The maximum Gasteiger partial charge on any atom is 0.336 e. The van der Waals surface area contributed by atoms with Crippen LogP contribution in [0.25, 0.3) is 0 Å². The third kappa shape index (κ3) is 3.58. The topological polar surface area (TPSA) is 100 Å². The van der Waals surface area contributed by atoms with Gasteiger partial charge in [-0.2, -0.15) is 0 Å². The van der Waals surface area contributed by atoms with Crippen molar-refractivity contribution in [1.29, 1.82) is 0 Å². The molecule has 1 aliphatic carbocycles. The largest absolute Gasteiger partial charge is 0.468 e. The zero-order chi connectivity index (χ0) is 23.2. The van der Waals surface area contributed by atoms with Crippen LogP contribution in [0.3, 0.4) is 0 Å². The predicted molar refractivity (Wildman–Crippen MR) is 117 cm³/mol. The summed E-state index contributed by atoms with van der Waals surface area (Å²) < 4.78 is 21.9. The molecule has 3 unspecified atom stereocenters. The first-order valence-electron chi connectivity index (χ1n) is 10.4. The molecule has 2 aliphatic heterocycles. The number of esters is 2. The van der Waals surface area contributed by atoms with E-state index in [-0.39, 0.29) is 25.1 Å². The van der Waals surface area contributed by atoms with E-state index in [1.165, 1.54) is 7.11 Å². The number of halogens is 1. The van der Waals surface area contributed by atoms with E-state index in [2.05, 4.69) is 21.2 Å². The first kappa shape index (κ1) is 22.4. The van der Waals surface area contributed by atoms with Crippen molar-refractivity contribution in [2.45, 2.75) is 33.1 Å². The highest BCUT2D eigenvalue weighted by atomic mass is 79.9. The molecule has 0 spiro atoms. The predicted octanol–water partition coefficient (Wildman–Crippen LogP) is 3.35. The number of carbonyl (C=O) groups excluding carboxylic acids is 3. The van der Waals surface area contributed by atoms with Gasteiger partial charge in [-0.1, -0.05) is 22.9 Å². The molecule has 0 fully saturated rings. The highest BCUT2D eigenvalue weighted by Crippen LogP contribution is 2.49. The number of Topliss-reactive ketones (excluding diaryl/α,β-unsaturated/α-hetero) is 1. The molecule has 0 amide bonds. The molecule has 9 heteroatoms. The molecule has 0 saturated heterocycles. The van der Waals surface area contributed by atoms with Crippen LogP contribution < -0.4 is 14.8 Å². The van der Waals surface area contributed by atoms with Gasteiger partial charge in [-0.15, -0.1) is 0 Å². The van der Waals surface area contributed by atoms with Crippen molar-refractivity contribution < 1.29 is 33.3 Å². The van der Waals surface area contributed by atoms with Gasteiger partial charge in [0.1, 0.15) is 5.92 Å². The number of rotatable bonds is 4. The fraction of sp³-hybridized carbons (Fsp3) is 0.435. The van der Waals surface area contributed by atoms with Crippen LogP contribution in [0.15, 0.2) is 39.1 Å². The molecule has 3 atom stereocenters. The molecule has 0 saturated carbocycles. The first-order chi connectivity index (χ1) is 15.3. The van der Waals surface area contributed by atoms with E-state index in [0.29, 0.717) is 50.5 Å². The van der Waals surface area contributed by atoms with Crippen LogP contribution in [0.4, 0.5) is 0 Å². The molecular formula is C23H24BrNO7. The molecule has 1 aromatic rings. The molecular weight excluding hydrogens is 482 g/mol. The van der Waals surface area contributed by atoms with Crippen molar-refractivity contribution in [3.8, 4) is 11.5 Å². The Labute approximate surface area is 194 Å². The summed E-state index contributed by atoms with van der Waals surface area (Å²) >= 11 is 3.57.